The zero-order valence-corrected chi connectivity index (χ0v) is 19.2. The summed E-state index contributed by atoms with van der Waals surface area (Å²) in [7, 11) is 0. The summed E-state index contributed by atoms with van der Waals surface area (Å²) in [5.74, 6) is -0.0652. The molecule has 0 unspecified atom stereocenters. The van der Waals surface area contributed by atoms with Gasteiger partial charge in [-0.05, 0) is 44.0 Å². The molecule has 156 valence electrons. The topological polar surface area (TPSA) is 58.6 Å². The van der Waals surface area contributed by atoms with Crippen molar-refractivity contribution in [3.8, 4) is 5.75 Å². The molecule has 0 aromatic heterocycles. The lowest BCUT2D eigenvalue weighted by Crippen LogP contribution is -2.50. The molecule has 2 aromatic rings. The molecule has 2 aromatic carbocycles. The van der Waals surface area contributed by atoms with E-state index >= 15 is 0 Å². The summed E-state index contributed by atoms with van der Waals surface area (Å²) in [5, 5.41) is 3.35. The number of hydrogen-bond acceptors (Lipinski definition) is 3. The Balaban J connectivity index is 2.14. The minimum Gasteiger partial charge on any atom is -0.482 e. The van der Waals surface area contributed by atoms with Crippen LogP contribution in [0.5, 0.6) is 5.75 Å². The highest BCUT2D eigenvalue weighted by Gasteiger charge is 2.27. The smallest absolute Gasteiger partial charge is 0.261 e. The Hall–Kier alpha value is -2.05. The van der Waals surface area contributed by atoms with Gasteiger partial charge in [0.1, 0.15) is 11.8 Å². The molecule has 7 heteroatoms. The maximum Gasteiger partial charge on any atom is 0.261 e. The molecule has 0 aliphatic rings. The van der Waals surface area contributed by atoms with Crippen LogP contribution in [0, 0.1) is 0 Å². The minimum absolute atomic E-state index is 0.0384. The Morgan fingerprint density at radius 3 is 2.48 bits per heavy atom. The molecule has 0 saturated heterocycles. The Labute approximate surface area is 185 Å². The molecule has 0 aliphatic heterocycles. The zero-order valence-electron chi connectivity index (χ0n) is 16.8. The second kappa shape index (κ2) is 11.2. The van der Waals surface area contributed by atoms with E-state index in [0.717, 1.165) is 16.5 Å². The van der Waals surface area contributed by atoms with Gasteiger partial charge < -0.3 is 15.0 Å². The van der Waals surface area contributed by atoms with Crippen molar-refractivity contribution in [1.29, 1.82) is 0 Å². The van der Waals surface area contributed by atoms with Crippen LogP contribution in [0.15, 0.2) is 53.0 Å². The van der Waals surface area contributed by atoms with Crippen LogP contribution in [0.25, 0.3) is 0 Å². The maximum atomic E-state index is 13.0. The maximum absolute atomic E-state index is 13.0. The summed E-state index contributed by atoms with van der Waals surface area (Å²) in [6.45, 7) is 5.76. The van der Waals surface area contributed by atoms with E-state index < -0.39 is 6.04 Å². The summed E-state index contributed by atoms with van der Waals surface area (Å²) in [5.41, 5.74) is 0.936. The van der Waals surface area contributed by atoms with Crippen molar-refractivity contribution < 1.29 is 14.3 Å². The molecule has 29 heavy (non-hydrogen) atoms. The number of nitrogens with zero attached hydrogens (tertiary/aromatic N) is 1. The van der Waals surface area contributed by atoms with Gasteiger partial charge in [-0.3, -0.25) is 9.59 Å². The lowest BCUT2D eigenvalue weighted by Gasteiger charge is -2.29. The molecule has 2 rings (SSSR count). The number of amides is 2. The average Bonchev–Trinajstić information content (AvgIpc) is 2.71. The Bertz CT molecular complexity index is 832. The fourth-order valence-corrected chi connectivity index (χ4v) is 3.37. The summed E-state index contributed by atoms with van der Waals surface area (Å²) in [4.78, 5) is 27.1. The normalized spacial score (nSPS) is 12.7. The van der Waals surface area contributed by atoms with Gasteiger partial charge in [0.2, 0.25) is 5.91 Å². The third-order valence-corrected chi connectivity index (χ3v) is 5.40. The molecule has 2 atom stereocenters. The predicted molar refractivity (Wildman–Crippen MR) is 119 cm³/mol. The van der Waals surface area contributed by atoms with Gasteiger partial charge in [-0.2, -0.15) is 0 Å². The molecule has 0 aliphatic carbocycles. The number of benzene rings is 2. The number of hydrogen-bond donors (Lipinski definition) is 1. The molecular weight excluding hydrogens is 456 g/mol. The Morgan fingerprint density at radius 2 is 1.86 bits per heavy atom. The van der Waals surface area contributed by atoms with Crippen molar-refractivity contribution in [2.24, 2.45) is 0 Å². The van der Waals surface area contributed by atoms with E-state index in [2.05, 4.69) is 21.2 Å². The lowest BCUT2D eigenvalue weighted by molar-refractivity contribution is -0.142. The second-order valence-electron chi connectivity index (χ2n) is 6.86. The third kappa shape index (κ3) is 7.05. The minimum atomic E-state index is -0.638. The zero-order chi connectivity index (χ0) is 21.4. The second-order valence-corrected chi connectivity index (χ2v) is 8.19. The molecule has 2 amide bonds. The van der Waals surface area contributed by atoms with E-state index in [0.29, 0.717) is 17.3 Å². The van der Waals surface area contributed by atoms with Gasteiger partial charge >= 0.3 is 0 Å². The van der Waals surface area contributed by atoms with Crippen molar-refractivity contribution in [3.63, 3.8) is 0 Å². The molecule has 0 radical (unpaired) electrons. The summed E-state index contributed by atoms with van der Waals surface area (Å²) in [6.07, 6.45) is 0.816. The first-order chi connectivity index (χ1) is 13.8. The van der Waals surface area contributed by atoms with Crippen molar-refractivity contribution in [3.05, 3.63) is 63.6 Å². The van der Waals surface area contributed by atoms with Gasteiger partial charge in [0.15, 0.2) is 6.61 Å². The van der Waals surface area contributed by atoms with E-state index in [9.17, 15) is 9.59 Å². The fourth-order valence-electron chi connectivity index (χ4n) is 2.64. The van der Waals surface area contributed by atoms with E-state index in [1.807, 2.05) is 44.2 Å². The molecule has 5 nitrogen and oxygen atoms in total. The Morgan fingerprint density at radius 1 is 1.17 bits per heavy atom. The standard InChI is InChI=1S/C22H26BrClN2O3/c1-4-15(2)25-22(28)16(3)26(13-17-8-6-5-7-9-17)21(27)14-29-20-11-10-18(23)12-19(20)24/h5-12,15-16H,4,13-14H2,1-3H3,(H,25,28)/t15-,16-/m1/s1. The van der Waals surface area contributed by atoms with Crippen LogP contribution in [0.2, 0.25) is 5.02 Å². The molecule has 0 fully saturated rings. The third-order valence-electron chi connectivity index (χ3n) is 4.61. The van der Waals surface area contributed by atoms with Gasteiger partial charge in [-0.1, -0.05) is 64.8 Å². The van der Waals surface area contributed by atoms with Crippen LogP contribution in [0.4, 0.5) is 0 Å². The van der Waals surface area contributed by atoms with E-state index in [-0.39, 0.29) is 24.5 Å². The largest absolute Gasteiger partial charge is 0.482 e. The molecule has 1 N–H and O–H groups in total. The van der Waals surface area contributed by atoms with Crippen molar-refractivity contribution in [2.75, 3.05) is 6.61 Å². The van der Waals surface area contributed by atoms with Gasteiger partial charge in [0.25, 0.3) is 5.91 Å². The molecular formula is C22H26BrClN2O3. The van der Waals surface area contributed by atoms with Crippen molar-refractivity contribution in [2.45, 2.75) is 45.8 Å². The van der Waals surface area contributed by atoms with Gasteiger partial charge in [0.05, 0.1) is 5.02 Å². The summed E-state index contributed by atoms with van der Waals surface area (Å²) in [6, 6.07) is 14.1. The number of ether oxygens (including phenoxy) is 1. The van der Waals surface area contributed by atoms with E-state index in [4.69, 9.17) is 16.3 Å². The monoisotopic (exact) mass is 480 g/mol. The lowest BCUT2D eigenvalue weighted by atomic mass is 10.1. The average molecular weight is 482 g/mol. The van der Waals surface area contributed by atoms with Crippen LogP contribution in [-0.2, 0) is 16.1 Å². The first kappa shape index (κ1) is 23.2. The number of carbonyl (C=O) groups is 2. The Kier molecular flexibility index (Phi) is 8.99. The number of carbonyl (C=O) groups excluding carboxylic acids is 2. The number of nitrogens with one attached hydrogen (secondary N) is 1. The summed E-state index contributed by atoms with van der Waals surface area (Å²) < 4.78 is 6.45. The summed E-state index contributed by atoms with van der Waals surface area (Å²) >= 11 is 9.50. The van der Waals surface area contributed by atoms with Gasteiger partial charge in [-0.15, -0.1) is 0 Å². The van der Waals surface area contributed by atoms with E-state index in [1.54, 1.807) is 25.1 Å². The van der Waals surface area contributed by atoms with E-state index in [1.165, 1.54) is 4.90 Å². The fraction of sp³-hybridized carbons (Fsp3) is 0.364. The van der Waals surface area contributed by atoms with Crippen LogP contribution in [0.1, 0.15) is 32.8 Å². The SMILES string of the molecule is CC[C@@H](C)NC(=O)[C@@H](C)N(Cc1ccccc1)C(=O)COc1ccc(Br)cc1Cl. The van der Waals surface area contributed by atoms with Crippen molar-refractivity contribution >= 4 is 39.3 Å². The van der Waals surface area contributed by atoms with Crippen LogP contribution >= 0.6 is 27.5 Å². The van der Waals surface area contributed by atoms with Crippen LogP contribution in [-0.4, -0.2) is 35.4 Å². The predicted octanol–water partition coefficient (Wildman–Crippen LogP) is 4.81. The highest BCUT2D eigenvalue weighted by molar-refractivity contribution is 9.10. The van der Waals surface area contributed by atoms with Gasteiger partial charge in [-0.25, -0.2) is 0 Å². The van der Waals surface area contributed by atoms with Crippen LogP contribution in [0.3, 0.4) is 0 Å². The molecule has 0 spiro atoms. The quantitative estimate of drug-likeness (QED) is 0.559. The van der Waals surface area contributed by atoms with Crippen molar-refractivity contribution in [1.82, 2.24) is 10.2 Å². The first-order valence-electron chi connectivity index (χ1n) is 9.53. The number of halogens is 2. The highest BCUT2D eigenvalue weighted by atomic mass is 79.9. The highest BCUT2D eigenvalue weighted by Crippen LogP contribution is 2.27. The number of rotatable bonds is 9. The molecule has 0 heterocycles. The van der Waals surface area contributed by atoms with Gasteiger partial charge in [0, 0.05) is 17.1 Å². The molecule has 0 saturated carbocycles. The first-order valence-corrected chi connectivity index (χ1v) is 10.7. The van der Waals surface area contributed by atoms with Crippen LogP contribution < -0.4 is 10.1 Å². The molecule has 0 bridgehead atoms.